The number of fused-ring (bicyclic) bond motifs is 1. The van der Waals surface area contributed by atoms with Crippen molar-refractivity contribution in [2.75, 3.05) is 26.2 Å². The fourth-order valence-electron chi connectivity index (χ4n) is 3.15. The molecule has 1 fully saturated rings. The van der Waals surface area contributed by atoms with Crippen molar-refractivity contribution in [2.24, 2.45) is 5.73 Å². The first-order valence-corrected chi connectivity index (χ1v) is 8.25. The predicted octanol–water partition coefficient (Wildman–Crippen LogP) is 3.01. The maximum absolute atomic E-state index is 5.95. The molecule has 1 aliphatic rings. The van der Waals surface area contributed by atoms with Gasteiger partial charge in [0.25, 0.3) is 0 Å². The van der Waals surface area contributed by atoms with Crippen LogP contribution in [0.4, 0.5) is 0 Å². The minimum absolute atomic E-state index is 0.105. The maximum atomic E-state index is 5.95. The number of nitrogens with two attached hydrogens (primary N) is 1. The van der Waals surface area contributed by atoms with Gasteiger partial charge in [0.05, 0.1) is 18.8 Å². The van der Waals surface area contributed by atoms with Crippen molar-refractivity contribution in [3.8, 4) is 0 Å². The van der Waals surface area contributed by atoms with Gasteiger partial charge < -0.3 is 10.5 Å². The highest BCUT2D eigenvalue weighted by molar-refractivity contribution is 7.17. The smallest absolute Gasteiger partial charge is 0.0894 e. The number of hydrogen-bond acceptors (Lipinski definition) is 4. The van der Waals surface area contributed by atoms with E-state index < -0.39 is 0 Å². The van der Waals surface area contributed by atoms with E-state index in [-0.39, 0.29) is 6.10 Å². The zero-order valence-corrected chi connectivity index (χ0v) is 12.7. The van der Waals surface area contributed by atoms with Crippen molar-refractivity contribution < 1.29 is 4.74 Å². The largest absolute Gasteiger partial charge is 0.374 e. The van der Waals surface area contributed by atoms with Crippen LogP contribution in [0.15, 0.2) is 29.6 Å². The third-order valence-corrected chi connectivity index (χ3v) is 5.01. The van der Waals surface area contributed by atoms with Gasteiger partial charge in [-0.2, -0.15) is 0 Å². The van der Waals surface area contributed by atoms with E-state index in [1.54, 1.807) is 0 Å². The van der Waals surface area contributed by atoms with Crippen LogP contribution >= 0.6 is 11.3 Å². The summed E-state index contributed by atoms with van der Waals surface area (Å²) in [7, 11) is 0. The van der Waals surface area contributed by atoms with Crippen LogP contribution in [0.3, 0.4) is 0 Å². The molecule has 1 aliphatic heterocycles. The third-order valence-electron chi connectivity index (χ3n) is 4.03. The molecule has 0 amide bonds. The van der Waals surface area contributed by atoms with E-state index in [0.717, 1.165) is 26.1 Å². The zero-order chi connectivity index (χ0) is 13.9. The Morgan fingerprint density at radius 2 is 2.25 bits per heavy atom. The molecule has 0 aliphatic carbocycles. The zero-order valence-electron chi connectivity index (χ0n) is 11.9. The molecular weight excluding hydrogens is 268 g/mol. The second kappa shape index (κ2) is 6.22. The second-order valence-electron chi connectivity index (χ2n) is 5.31. The van der Waals surface area contributed by atoms with E-state index >= 15 is 0 Å². The monoisotopic (exact) mass is 290 g/mol. The molecule has 2 N–H and O–H groups in total. The number of ether oxygens (including phenoxy) is 1. The van der Waals surface area contributed by atoms with E-state index in [2.05, 4.69) is 41.5 Å². The van der Waals surface area contributed by atoms with Gasteiger partial charge in [-0.05, 0) is 35.4 Å². The molecule has 2 atom stereocenters. The van der Waals surface area contributed by atoms with Crippen LogP contribution in [0, 0.1) is 0 Å². The average Bonchev–Trinajstić information content (AvgIpc) is 2.91. The van der Waals surface area contributed by atoms with Gasteiger partial charge in [-0.25, -0.2) is 0 Å². The summed E-state index contributed by atoms with van der Waals surface area (Å²) in [5.41, 5.74) is 7.34. The highest BCUT2D eigenvalue weighted by Gasteiger charge is 2.33. The first-order chi connectivity index (χ1) is 9.85. The minimum atomic E-state index is 0.105. The Morgan fingerprint density at radius 1 is 1.40 bits per heavy atom. The molecule has 1 aromatic carbocycles. The van der Waals surface area contributed by atoms with Crippen LogP contribution < -0.4 is 5.73 Å². The van der Waals surface area contributed by atoms with Crippen molar-refractivity contribution in [1.29, 1.82) is 0 Å². The summed E-state index contributed by atoms with van der Waals surface area (Å²) in [6, 6.07) is 8.92. The number of hydrogen-bond donors (Lipinski definition) is 1. The lowest BCUT2D eigenvalue weighted by atomic mass is 9.97. The van der Waals surface area contributed by atoms with Gasteiger partial charge in [0.1, 0.15) is 0 Å². The van der Waals surface area contributed by atoms with Crippen molar-refractivity contribution >= 4 is 21.4 Å². The van der Waals surface area contributed by atoms with Gasteiger partial charge >= 0.3 is 0 Å². The van der Waals surface area contributed by atoms with Crippen LogP contribution in [-0.4, -0.2) is 37.2 Å². The second-order valence-corrected chi connectivity index (χ2v) is 6.22. The lowest BCUT2D eigenvalue weighted by Crippen LogP contribution is -2.48. The molecule has 0 bridgehead atoms. The van der Waals surface area contributed by atoms with Crippen LogP contribution in [0.5, 0.6) is 0 Å². The standard InChI is InChI=1S/C16H22N2OS/c1-2-7-18-8-9-19-14(10-17)16(18)13-11-20-15-6-4-3-5-12(13)15/h3-6,11,14,16H,2,7-10,17H2,1H3. The molecule has 1 saturated heterocycles. The van der Waals surface area contributed by atoms with Crippen molar-refractivity contribution in [1.82, 2.24) is 4.90 Å². The number of nitrogens with zero attached hydrogens (tertiary/aromatic N) is 1. The van der Waals surface area contributed by atoms with Crippen LogP contribution in [-0.2, 0) is 4.74 Å². The maximum Gasteiger partial charge on any atom is 0.0894 e. The Labute approximate surface area is 124 Å². The molecular formula is C16H22N2OS. The first-order valence-electron chi connectivity index (χ1n) is 7.37. The molecule has 0 radical (unpaired) electrons. The molecule has 108 valence electrons. The SMILES string of the molecule is CCCN1CCOC(CN)C1c1csc2ccccc12. The van der Waals surface area contributed by atoms with Gasteiger partial charge in [-0.15, -0.1) is 11.3 Å². The molecule has 2 heterocycles. The van der Waals surface area contributed by atoms with Crippen molar-refractivity contribution in [3.63, 3.8) is 0 Å². The minimum Gasteiger partial charge on any atom is -0.374 e. The Kier molecular flexibility index (Phi) is 4.36. The normalized spacial score (nSPS) is 24.3. The lowest BCUT2D eigenvalue weighted by Gasteiger charge is -2.41. The molecule has 2 aromatic rings. The number of benzene rings is 1. The lowest BCUT2D eigenvalue weighted by molar-refractivity contribution is -0.0670. The molecule has 3 rings (SSSR count). The highest BCUT2D eigenvalue weighted by Crippen LogP contribution is 2.37. The summed E-state index contributed by atoms with van der Waals surface area (Å²) in [6.45, 7) is 5.71. The number of rotatable bonds is 4. The van der Waals surface area contributed by atoms with E-state index in [1.807, 2.05) is 11.3 Å². The van der Waals surface area contributed by atoms with Gasteiger partial charge in [0, 0.05) is 17.8 Å². The van der Waals surface area contributed by atoms with Gasteiger partial charge in [-0.3, -0.25) is 4.90 Å². The Morgan fingerprint density at radius 3 is 3.05 bits per heavy atom. The Balaban J connectivity index is 2.02. The van der Waals surface area contributed by atoms with Crippen molar-refractivity contribution in [3.05, 3.63) is 35.2 Å². The fraction of sp³-hybridized carbons (Fsp3) is 0.500. The molecule has 1 aromatic heterocycles. The van der Waals surface area contributed by atoms with Gasteiger partial charge in [0.2, 0.25) is 0 Å². The summed E-state index contributed by atoms with van der Waals surface area (Å²) >= 11 is 1.82. The number of morpholine rings is 1. The fourth-order valence-corrected chi connectivity index (χ4v) is 4.14. The molecule has 0 saturated carbocycles. The molecule has 2 unspecified atom stereocenters. The summed E-state index contributed by atoms with van der Waals surface area (Å²) in [6.07, 6.45) is 1.27. The summed E-state index contributed by atoms with van der Waals surface area (Å²) in [5.74, 6) is 0. The topological polar surface area (TPSA) is 38.5 Å². The van der Waals surface area contributed by atoms with Gasteiger partial charge in [0.15, 0.2) is 0 Å². The van der Waals surface area contributed by atoms with Crippen LogP contribution in [0.2, 0.25) is 0 Å². The quantitative estimate of drug-likeness (QED) is 0.940. The summed E-state index contributed by atoms with van der Waals surface area (Å²) in [5, 5.41) is 3.64. The highest BCUT2D eigenvalue weighted by atomic mass is 32.1. The van der Waals surface area contributed by atoms with E-state index in [4.69, 9.17) is 10.5 Å². The molecule has 3 nitrogen and oxygen atoms in total. The number of thiophene rings is 1. The molecule has 20 heavy (non-hydrogen) atoms. The summed E-state index contributed by atoms with van der Waals surface area (Å²) in [4.78, 5) is 2.54. The Hall–Kier alpha value is -0.940. The Bertz CT molecular complexity index is 566. The van der Waals surface area contributed by atoms with E-state index in [1.165, 1.54) is 15.6 Å². The van der Waals surface area contributed by atoms with Crippen LogP contribution in [0.1, 0.15) is 24.9 Å². The van der Waals surface area contributed by atoms with E-state index in [9.17, 15) is 0 Å². The van der Waals surface area contributed by atoms with E-state index in [0.29, 0.717) is 12.6 Å². The average molecular weight is 290 g/mol. The molecule has 4 heteroatoms. The third kappa shape index (κ3) is 2.49. The molecule has 0 spiro atoms. The first kappa shape index (κ1) is 14.0. The predicted molar refractivity (Wildman–Crippen MR) is 85.2 cm³/mol. The summed E-state index contributed by atoms with van der Waals surface area (Å²) < 4.78 is 7.27. The van der Waals surface area contributed by atoms with Crippen molar-refractivity contribution in [2.45, 2.75) is 25.5 Å². The van der Waals surface area contributed by atoms with Gasteiger partial charge in [-0.1, -0.05) is 25.1 Å². The van der Waals surface area contributed by atoms with Crippen LogP contribution in [0.25, 0.3) is 10.1 Å².